The zero-order valence-corrected chi connectivity index (χ0v) is 19.8. The van der Waals surface area contributed by atoms with E-state index in [2.05, 4.69) is 48.5 Å². The lowest BCUT2D eigenvalue weighted by atomic mass is 9.87. The number of carbonyl (C=O) groups is 1. The molecular formula is C27H22Cl2N2O2. The van der Waals surface area contributed by atoms with E-state index in [-0.39, 0.29) is 11.9 Å². The molecule has 1 unspecified atom stereocenters. The topological polar surface area (TPSA) is 46.3 Å². The molecule has 0 saturated carbocycles. The lowest BCUT2D eigenvalue weighted by molar-refractivity contribution is 0.0693. The van der Waals surface area contributed by atoms with Gasteiger partial charge in [0.25, 0.3) is 5.91 Å². The highest BCUT2D eigenvalue weighted by Gasteiger charge is 2.36. The van der Waals surface area contributed by atoms with Gasteiger partial charge in [0.1, 0.15) is 17.0 Å². The van der Waals surface area contributed by atoms with E-state index in [4.69, 9.17) is 27.7 Å². The summed E-state index contributed by atoms with van der Waals surface area (Å²) in [5, 5.41) is 5.03. The summed E-state index contributed by atoms with van der Waals surface area (Å²) in [6.45, 7) is 4.38. The Balaban J connectivity index is 1.64. The van der Waals surface area contributed by atoms with E-state index >= 15 is 0 Å². The molecule has 0 saturated heterocycles. The fraction of sp³-hybridized carbons (Fsp3) is 0.185. The maximum atomic E-state index is 14.1. The number of aromatic nitrogens is 1. The quantitative estimate of drug-likeness (QED) is 0.318. The maximum Gasteiger partial charge on any atom is 0.260 e. The lowest BCUT2D eigenvalue weighted by Gasteiger charge is -2.38. The summed E-state index contributed by atoms with van der Waals surface area (Å²) < 4.78 is 5.48. The smallest absolute Gasteiger partial charge is 0.260 e. The monoisotopic (exact) mass is 476 g/mol. The molecule has 1 aliphatic rings. The number of nitrogens with zero attached hydrogens (tertiary/aromatic N) is 2. The molecule has 0 radical (unpaired) electrons. The SMILES string of the molecule is Cc1ccc(C2c3ccccc3CCN2C(=O)c2c(-c3c(Cl)cccc3Cl)noc2C)cc1. The molecule has 1 amide bonds. The molecule has 1 atom stereocenters. The first-order valence-electron chi connectivity index (χ1n) is 10.8. The first kappa shape index (κ1) is 21.7. The third kappa shape index (κ3) is 3.84. The maximum absolute atomic E-state index is 14.1. The molecule has 1 aromatic heterocycles. The predicted molar refractivity (Wildman–Crippen MR) is 131 cm³/mol. The largest absolute Gasteiger partial charge is 0.360 e. The van der Waals surface area contributed by atoms with Crippen LogP contribution in [-0.4, -0.2) is 22.5 Å². The van der Waals surface area contributed by atoms with Crippen LogP contribution in [0.25, 0.3) is 11.3 Å². The van der Waals surface area contributed by atoms with Crippen molar-refractivity contribution in [3.05, 3.63) is 110 Å². The molecular weight excluding hydrogens is 455 g/mol. The van der Waals surface area contributed by atoms with Gasteiger partial charge in [-0.05, 0) is 49.1 Å². The van der Waals surface area contributed by atoms with Crippen LogP contribution in [0.1, 0.15) is 44.4 Å². The van der Waals surface area contributed by atoms with Gasteiger partial charge in [0.05, 0.1) is 16.1 Å². The van der Waals surface area contributed by atoms with Crippen LogP contribution in [0.15, 0.2) is 71.3 Å². The fourth-order valence-corrected chi connectivity index (χ4v) is 5.13. The van der Waals surface area contributed by atoms with Crippen molar-refractivity contribution >= 4 is 29.1 Å². The van der Waals surface area contributed by atoms with Gasteiger partial charge < -0.3 is 9.42 Å². The van der Waals surface area contributed by atoms with Crippen molar-refractivity contribution in [2.75, 3.05) is 6.54 Å². The molecule has 0 bridgehead atoms. The van der Waals surface area contributed by atoms with E-state index < -0.39 is 0 Å². The summed E-state index contributed by atoms with van der Waals surface area (Å²) in [5.74, 6) is 0.285. The average Bonchev–Trinajstić information content (AvgIpc) is 3.19. The Kier molecular flexibility index (Phi) is 5.73. The third-order valence-electron chi connectivity index (χ3n) is 6.21. The van der Waals surface area contributed by atoms with E-state index in [0.717, 1.165) is 17.5 Å². The second-order valence-electron chi connectivity index (χ2n) is 8.32. The van der Waals surface area contributed by atoms with Crippen molar-refractivity contribution in [2.24, 2.45) is 0 Å². The van der Waals surface area contributed by atoms with Crippen molar-refractivity contribution in [1.29, 1.82) is 0 Å². The number of hydrogen-bond acceptors (Lipinski definition) is 3. The van der Waals surface area contributed by atoms with Gasteiger partial charge in [-0.2, -0.15) is 0 Å². The molecule has 3 aromatic carbocycles. The summed E-state index contributed by atoms with van der Waals surface area (Å²) in [7, 11) is 0. The van der Waals surface area contributed by atoms with Gasteiger partial charge in [-0.3, -0.25) is 4.79 Å². The molecule has 0 spiro atoms. The zero-order chi connectivity index (χ0) is 23.1. The first-order valence-corrected chi connectivity index (χ1v) is 11.6. The van der Waals surface area contributed by atoms with Crippen LogP contribution in [0.5, 0.6) is 0 Å². The highest BCUT2D eigenvalue weighted by molar-refractivity contribution is 6.39. The van der Waals surface area contributed by atoms with Crippen LogP contribution in [0.3, 0.4) is 0 Å². The number of halogens is 2. The molecule has 166 valence electrons. The van der Waals surface area contributed by atoms with Crippen LogP contribution in [-0.2, 0) is 6.42 Å². The van der Waals surface area contributed by atoms with Crippen molar-refractivity contribution in [3.63, 3.8) is 0 Å². The van der Waals surface area contributed by atoms with Crippen molar-refractivity contribution in [3.8, 4) is 11.3 Å². The molecule has 0 aliphatic carbocycles. The van der Waals surface area contributed by atoms with E-state index in [1.54, 1.807) is 25.1 Å². The summed E-state index contributed by atoms with van der Waals surface area (Å²) >= 11 is 12.9. The Labute approximate surface area is 202 Å². The second kappa shape index (κ2) is 8.69. The van der Waals surface area contributed by atoms with Crippen molar-refractivity contribution < 1.29 is 9.32 Å². The fourth-order valence-electron chi connectivity index (χ4n) is 4.56. The molecule has 33 heavy (non-hydrogen) atoms. The molecule has 1 aliphatic heterocycles. The lowest BCUT2D eigenvalue weighted by Crippen LogP contribution is -2.41. The predicted octanol–water partition coefficient (Wildman–Crippen LogP) is 7.05. The Hall–Kier alpha value is -3.08. The van der Waals surface area contributed by atoms with E-state index in [0.29, 0.717) is 39.2 Å². The normalized spacial score (nSPS) is 15.4. The van der Waals surface area contributed by atoms with Gasteiger partial charge in [-0.1, -0.05) is 88.5 Å². The third-order valence-corrected chi connectivity index (χ3v) is 6.84. The number of amides is 1. The minimum Gasteiger partial charge on any atom is -0.360 e. The number of rotatable bonds is 3. The second-order valence-corrected chi connectivity index (χ2v) is 9.13. The molecule has 0 N–H and O–H groups in total. The minimum atomic E-state index is -0.216. The minimum absolute atomic E-state index is 0.153. The Morgan fingerprint density at radius 2 is 1.67 bits per heavy atom. The van der Waals surface area contributed by atoms with E-state index in [1.807, 2.05) is 17.0 Å². The number of benzene rings is 3. The van der Waals surface area contributed by atoms with Crippen LogP contribution in [0.2, 0.25) is 10.0 Å². The molecule has 6 heteroatoms. The Morgan fingerprint density at radius 3 is 2.39 bits per heavy atom. The van der Waals surface area contributed by atoms with E-state index in [9.17, 15) is 4.79 Å². The standard InChI is InChI=1S/C27H22Cl2N2O2/c1-16-10-12-19(13-11-16)26-20-7-4-3-6-18(20)14-15-31(26)27(32)23-17(2)33-30-25(23)24-21(28)8-5-9-22(24)29/h3-13,26H,14-15H2,1-2H3. The highest BCUT2D eigenvalue weighted by atomic mass is 35.5. The molecule has 0 fully saturated rings. The van der Waals surface area contributed by atoms with Crippen LogP contribution >= 0.6 is 23.2 Å². The number of carbonyl (C=O) groups excluding carboxylic acids is 1. The van der Waals surface area contributed by atoms with E-state index in [1.165, 1.54) is 11.1 Å². The summed E-state index contributed by atoms with van der Waals surface area (Å²) in [6.07, 6.45) is 0.775. The van der Waals surface area contributed by atoms with Crippen molar-refractivity contribution in [1.82, 2.24) is 10.1 Å². The summed E-state index contributed by atoms with van der Waals surface area (Å²) in [4.78, 5) is 16.0. The van der Waals surface area contributed by atoms with Gasteiger partial charge in [0.2, 0.25) is 0 Å². The molecule has 4 aromatic rings. The Bertz CT molecular complexity index is 1320. The van der Waals surface area contributed by atoms with Gasteiger partial charge >= 0.3 is 0 Å². The average molecular weight is 477 g/mol. The first-order chi connectivity index (χ1) is 16.0. The Morgan fingerprint density at radius 1 is 0.970 bits per heavy atom. The van der Waals surface area contributed by atoms with Crippen LogP contribution in [0.4, 0.5) is 0 Å². The van der Waals surface area contributed by atoms with Gasteiger partial charge in [0.15, 0.2) is 0 Å². The molecule has 5 rings (SSSR count). The summed E-state index contributed by atoms with van der Waals surface area (Å²) in [5.41, 5.74) is 5.89. The number of fused-ring (bicyclic) bond motifs is 1. The van der Waals surface area contributed by atoms with Gasteiger partial charge in [0, 0.05) is 12.1 Å². The van der Waals surface area contributed by atoms with Crippen LogP contribution in [0, 0.1) is 13.8 Å². The number of aryl methyl sites for hydroxylation is 2. The van der Waals surface area contributed by atoms with Gasteiger partial charge in [-0.15, -0.1) is 0 Å². The van der Waals surface area contributed by atoms with Crippen LogP contribution < -0.4 is 0 Å². The zero-order valence-electron chi connectivity index (χ0n) is 18.3. The molecule has 4 nitrogen and oxygen atoms in total. The molecule has 2 heterocycles. The summed E-state index contributed by atoms with van der Waals surface area (Å²) in [6, 6.07) is 21.7. The highest BCUT2D eigenvalue weighted by Crippen LogP contribution is 2.40. The van der Waals surface area contributed by atoms with Crippen molar-refractivity contribution in [2.45, 2.75) is 26.3 Å². The number of hydrogen-bond donors (Lipinski definition) is 0. The van der Waals surface area contributed by atoms with Gasteiger partial charge in [-0.25, -0.2) is 0 Å².